The maximum atomic E-state index is 10.4. The molecule has 0 aliphatic rings. The number of aliphatic hydroxyl groups is 1. The van der Waals surface area contributed by atoms with Crippen molar-refractivity contribution in [2.24, 2.45) is 0 Å². The van der Waals surface area contributed by atoms with Gasteiger partial charge < -0.3 is 5.11 Å². The highest BCUT2D eigenvalue weighted by molar-refractivity contribution is 9.11. The van der Waals surface area contributed by atoms with Crippen LogP contribution in [0, 0.1) is 6.92 Å². The van der Waals surface area contributed by atoms with Gasteiger partial charge in [-0.15, -0.1) is 0 Å². The van der Waals surface area contributed by atoms with Gasteiger partial charge in [0.05, 0.1) is 0 Å². The molecule has 0 radical (unpaired) electrons. The lowest BCUT2D eigenvalue weighted by atomic mass is 10.0. The van der Waals surface area contributed by atoms with E-state index in [1.807, 2.05) is 43.3 Å². The van der Waals surface area contributed by atoms with Gasteiger partial charge in [0, 0.05) is 19.0 Å². The van der Waals surface area contributed by atoms with E-state index in [-0.39, 0.29) is 0 Å². The van der Waals surface area contributed by atoms with Gasteiger partial charge in [-0.1, -0.05) is 59.9 Å². The second-order valence-corrected chi connectivity index (χ2v) is 6.70. The molecule has 0 fully saturated rings. The van der Waals surface area contributed by atoms with Crippen LogP contribution in [0.25, 0.3) is 0 Å². The van der Waals surface area contributed by atoms with E-state index in [1.165, 1.54) is 0 Å². The largest absolute Gasteiger partial charge is 0.384 e. The van der Waals surface area contributed by atoms with Crippen LogP contribution in [0.5, 0.6) is 0 Å². The Balaban J connectivity index is 2.42. The molecule has 1 nitrogen and oxygen atoms in total. The van der Waals surface area contributed by atoms with E-state index in [4.69, 9.17) is 0 Å². The highest BCUT2D eigenvalue weighted by atomic mass is 79.9. The molecule has 1 unspecified atom stereocenters. The summed E-state index contributed by atoms with van der Waals surface area (Å²) in [4.78, 5) is 0. The van der Waals surface area contributed by atoms with E-state index in [0.717, 1.165) is 30.1 Å². The summed E-state index contributed by atoms with van der Waals surface area (Å²) >= 11 is 10.4. The van der Waals surface area contributed by atoms with Crippen LogP contribution in [0.1, 0.15) is 22.8 Å². The summed E-state index contributed by atoms with van der Waals surface area (Å²) in [5.74, 6) is 0. The predicted octanol–water partition coefficient (Wildman–Crippen LogP) is 5.36. The fraction of sp³-hybridized carbons (Fsp3) is 0.143. The van der Waals surface area contributed by atoms with E-state index in [2.05, 4.69) is 47.8 Å². The van der Waals surface area contributed by atoms with Crippen molar-refractivity contribution in [3.05, 3.63) is 66.5 Å². The fourth-order valence-corrected chi connectivity index (χ4v) is 3.00. The second kappa shape index (κ2) is 5.87. The van der Waals surface area contributed by atoms with Crippen LogP contribution in [0.2, 0.25) is 0 Å². The van der Waals surface area contributed by atoms with Crippen molar-refractivity contribution in [3.63, 3.8) is 0 Å². The molecular weight excluding hydrogens is 424 g/mol. The molecule has 2 aromatic rings. The third-order valence-electron chi connectivity index (χ3n) is 2.76. The molecule has 0 aliphatic heterocycles. The van der Waals surface area contributed by atoms with Crippen LogP contribution in [-0.2, 0) is 0 Å². The number of halogens is 3. The Labute approximate surface area is 132 Å². The van der Waals surface area contributed by atoms with Crippen molar-refractivity contribution in [1.29, 1.82) is 0 Å². The van der Waals surface area contributed by atoms with Crippen LogP contribution < -0.4 is 0 Å². The molecule has 2 aromatic carbocycles. The molecule has 0 aliphatic carbocycles. The molecule has 94 valence electrons. The summed E-state index contributed by atoms with van der Waals surface area (Å²) < 4.78 is 2.91. The first kappa shape index (κ1) is 14.3. The molecular formula is C14H11Br3O. The quantitative estimate of drug-likeness (QED) is 0.674. The molecule has 0 saturated carbocycles. The third-order valence-corrected chi connectivity index (χ3v) is 4.83. The Morgan fingerprint density at radius 2 is 1.56 bits per heavy atom. The van der Waals surface area contributed by atoms with E-state index < -0.39 is 6.10 Å². The van der Waals surface area contributed by atoms with Gasteiger partial charge in [-0.05, 0) is 42.3 Å². The lowest BCUT2D eigenvalue weighted by molar-refractivity contribution is 0.219. The van der Waals surface area contributed by atoms with Gasteiger partial charge in [0.2, 0.25) is 0 Å². The normalized spacial score (nSPS) is 12.5. The predicted molar refractivity (Wildman–Crippen MR) is 84.8 cm³/mol. The lowest BCUT2D eigenvalue weighted by Crippen LogP contribution is -2.01. The number of rotatable bonds is 2. The van der Waals surface area contributed by atoms with Crippen molar-refractivity contribution in [2.45, 2.75) is 13.0 Å². The highest BCUT2D eigenvalue weighted by Gasteiger charge is 2.15. The van der Waals surface area contributed by atoms with Crippen molar-refractivity contribution in [1.82, 2.24) is 0 Å². The molecule has 2 rings (SSSR count). The maximum Gasteiger partial charge on any atom is 0.105 e. The molecule has 4 heteroatoms. The van der Waals surface area contributed by atoms with Gasteiger partial charge in [-0.25, -0.2) is 0 Å². The standard InChI is InChI=1S/C14H11Br3O/c1-8-6-13(17)11(7-12(8)16)14(18)9-2-4-10(15)5-3-9/h2-7,14,18H,1H3. The van der Waals surface area contributed by atoms with Gasteiger partial charge in [-0.2, -0.15) is 0 Å². The minimum Gasteiger partial charge on any atom is -0.384 e. The summed E-state index contributed by atoms with van der Waals surface area (Å²) in [6.45, 7) is 2.02. The molecule has 0 heterocycles. The molecule has 0 saturated heterocycles. The molecule has 1 N–H and O–H groups in total. The number of benzene rings is 2. The first-order chi connectivity index (χ1) is 8.49. The first-order valence-corrected chi connectivity index (χ1v) is 7.76. The van der Waals surface area contributed by atoms with E-state index in [9.17, 15) is 5.11 Å². The molecule has 18 heavy (non-hydrogen) atoms. The number of aryl methyl sites for hydroxylation is 1. The SMILES string of the molecule is Cc1cc(Br)c(C(O)c2ccc(Br)cc2)cc1Br. The molecule has 0 bridgehead atoms. The summed E-state index contributed by atoms with van der Waals surface area (Å²) in [7, 11) is 0. The smallest absolute Gasteiger partial charge is 0.105 e. The summed E-state index contributed by atoms with van der Waals surface area (Å²) in [6, 6.07) is 11.6. The zero-order valence-electron chi connectivity index (χ0n) is 9.62. The van der Waals surface area contributed by atoms with Gasteiger partial charge in [0.1, 0.15) is 6.10 Å². The van der Waals surface area contributed by atoms with E-state index in [1.54, 1.807) is 0 Å². The summed E-state index contributed by atoms with van der Waals surface area (Å²) in [6.07, 6.45) is -0.635. The van der Waals surface area contributed by atoms with Crippen molar-refractivity contribution in [3.8, 4) is 0 Å². The first-order valence-electron chi connectivity index (χ1n) is 5.38. The number of hydrogen-bond acceptors (Lipinski definition) is 1. The fourth-order valence-electron chi connectivity index (χ4n) is 1.70. The summed E-state index contributed by atoms with van der Waals surface area (Å²) in [5, 5.41) is 10.4. The number of hydrogen-bond donors (Lipinski definition) is 1. The van der Waals surface area contributed by atoms with Gasteiger partial charge >= 0.3 is 0 Å². The Hall–Kier alpha value is -0.160. The minimum absolute atomic E-state index is 0.635. The molecule has 0 aromatic heterocycles. The molecule has 0 spiro atoms. The van der Waals surface area contributed by atoms with Crippen LogP contribution >= 0.6 is 47.8 Å². The van der Waals surface area contributed by atoms with Crippen LogP contribution in [-0.4, -0.2) is 5.11 Å². The Kier molecular flexibility index (Phi) is 4.64. The maximum absolute atomic E-state index is 10.4. The summed E-state index contributed by atoms with van der Waals surface area (Å²) in [5.41, 5.74) is 2.86. The van der Waals surface area contributed by atoms with Crippen molar-refractivity contribution < 1.29 is 5.11 Å². The molecule has 1 atom stereocenters. The highest BCUT2D eigenvalue weighted by Crippen LogP contribution is 2.33. The monoisotopic (exact) mass is 432 g/mol. The van der Waals surface area contributed by atoms with Gasteiger partial charge in [0.25, 0.3) is 0 Å². The second-order valence-electron chi connectivity index (χ2n) is 4.08. The Morgan fingerprint density at radius 3 is 2.17 bits per heavy atom. The van der Waals surface area contributed by atoms with Crippen molar-refractivity contribution in [2.75, 3.05) is 0 Å². The molecule has 0 amide bonds. The van der Waals surface area contributed by atoms with Crippen molar-refractivity contribution >= 4 is 47.8 Å². The topological polar surface area (TPSA) is 20.2 Å². The zero-order chi connectivity index (χ0) is 13.3. The van der Waals surface area contributed by atoms with Crippen LogP contribution in [0.4, 0.5) is 0 Å². The van der Waals surface area contributed by atoms with E-state index in [0.29, 0.717) is 0 Å². The zero-order valence-corrected chi connectivity index (χ0v) is 14.4. The minimum atomic E-state index is -0.635. The van der Waals surface area contributed by atoms with Crippen LogP contribution in [0.3, 0.4) is 0 Å². The third kappa shape index (κ3) is 3.05. The van der Waals surface area contributed by atoms with Gasteiger partial charge in [-0.3, -0.25) is 0 Å². The lowest BCUT2D eigenvalue weighted by Gasteiger charge is -2.15. The Morgan fingerprint density at radius 1 is 0.944 bits per heavy atom. The number of aliphatic hydroxyl groups excluding tert-OH is 1. The average Bonchev–Trinajstić information content (AvgIpc) is 2.34. The van der Waals surface area contributed by atoms with E-state index >= 15 is 0 Å². The Bertz CT molecular complexity index is 564. The van der Waals surface area contributed by atoms with Crippen LogP contribution in [0.15, 0.2) is 49.8 Å². The average molecular weight is 435 g/mol. The van der Waals surface area contributed by atoms with Gasteiger partial charge in [0.15, 0.2) is 0 Å².